The third kappa shape index (κ3) is 3.11. The summed E-state index contributed by atoms with van der Waals surface area (Å²) in [5.41, 5.74) is 0.882. The molecule has 0 saturated carbocycles. The SMILES string of the molecule is COc1ccc(Cl)cc1CNC1CCC(=O)N(C)C1=O. The lowest BCUT2D eigenvalue weighted by Gasteiger charge is -2.28. The number of halogens is 1. The summed E-state index contributed by atoms with van der Waals surface area (Å²) in [4.78, 5) is 24.5. The minimum Gasteiger partial charge on any atom is -0.496 e. The van der Waals surface area contributed by atoms with E-state index >= 15 is 0 Å². The summed E-state index contributed by atoms with van der Waals surface area (Å²) in [6, 6.07) is 5.00. The first-order valence-corrected chi connectivity index (χ1v) is 6.77. The molecule has 1 N–H and O–H groups in total. The third-order valence-electron chi connectivity index (χ3n) is 3.43. The number of likely N-dealkylation sites (tertiary alicyclic amines) is 1. The minimum absolute atomic E-state index is 0.131. The Kier molecular flexibility index (Phi) is 4.62. The van der Waals surface area contributed by atoms with Gasteiger partial charge in [0.25, 0.3) is 0 Å². The van der Waals surface area contributed by atoms with Crippen LogP contribution in [0, 0.1) is 0 Å². The molecule has 1 aromatic carbocycles. The molecule has 1 atom stereocenters. The van der Waals surface area contributed by atoms with Gasteiger partial charge in [0.1, 0.15) is 5.75 Å². The van der Waals surface area contributed by atoms with Crippen molar-refractivity contribution >= 4 is 23.4 Å². The van der Waals surface area contributed by atoms with Crippen LogP contribution in [0.1, 0.15) is 18.4 Å². The number of piperidine rings is 1. The van der Waals surface area contributed by atoms with Crippen molar-refractivity contribution in [3.8, 4) is 5.75 Å². The van der Waals surface area contributed by atoms with Gasteiger partial charge < -0.3 is 10.1 Å². The predicted octanol–water partition coefficient (Wildman–Crippen LogP) is 1.59. The average Bonchev–Trinajstić information content (AvgIpc) is 2.44. The average molecular weight is 297 g/mol. The van der Waals surface area contributed by atoms with E-state index in [0.717, 1.165) is 11.3 Å². The molecule has 0 bridgehead atoms. The largest absolute Gasteiger partial charge is 0.496 e. The molecule has 0 spiro atoms. The van der Waals surface area contributed by atoms with Crippen molar-refractivity contribution in [3.63, 3.8) is 0 Å². The summed E-state index contributed by atoms with van der Waals surface area (Å²) >= 11 is 5.96. The van der Waals surface area contributed by atoms with E-state index in [0.29, 0.717) is 24.4 Å². The zero-order chi connectivity index (χ0) is 14.7. The van der Waals surface area contributed by atoms with Gasteiger partial charge in [-0.05, 0) is 24.6 Å². The molecule has 1 fully saturated rings. The number of nitrogens with zero attached hydrogens (tertiary/aromatic N) is 1. The highest BCUT2D eigenvalue weighted by atomic mass is 35.5. The van der Waals surface area contributed by atoms with Gasteiger partial charge in [-0.25, -0.2) is 0 Å². The molecule has 2 amide bonds. The maximum Gasteiger partial charge on any atom is 0.246 e. The maximum atomic E-state index is 12.0. The Morgan fingerprint density at radius 3 is 2.90 bits per heavy atom. The molecule has 108 valence electrons. The van der Waals surface area contributed by atoms with E-state index in [4.69, 9.17) is 16.3 Å². The number of hydrogen-bond donors (Lipinski definition) is 1. The normalized spacial score (nSPS) is 19.4. The van der Waals surface area contributed by atoms with Crippen LogP contribution in [-0.2, 0) is 16.1 Å². The fraction of sp³-hybridized carbons (Fsp3) is 0.429. The van der Waals surface area contributed by atoms with Gasteiger partial charge >= 0.3 is 0 Å². The van der Waals surface area contributed by atoms with E-state index in [1.54, 1.807) is 25.3 Å². The fourth-order valence-corrected chi connectivity index (χ4v) is 2.42. The van der Waals surface area contributed by atoms with Crippen molar-refractivity contribution in [1.82, 2.24) is 10.2 Å². The lowest BCUT2D eigenvalue weighted by atomic mass is 10.0. The number of nitrogens with one attached hydrogen (secondary N) is 1. The van der Waals surface area contributed by atoms with Crippen molar-refractivity contribution in [3.05, 3.63) is 28.8 Å². The first-order valence-electron chi connectivity index (χ1n) is 6.39. The van der Waals surface area contributed by atoms with E-state index in [9.17, 15) is 9.59 Å². The van der Waals surface area contributed by atoms with Crippen molar-refractivity contribution in [2.24, 2.45) is 0 Å². The molecule has 1 aliphatic rings. The van der Waals surface area contributed by atoms with Gasteiger partial charge in [0.15, 0.2) is 0 Å². The maximum absolute atomic E-state index is 12.0. The zero-order valence-electron chi connectivity index (χ0n) is 11.5. The monoisotopic (exact) mass is 296 g/mol. The summed E-state index contributed by atoms with van der Waals surface area (Å²) in [7, 11) is 3.10. The van der Waals surface area contributed by atoms with Gasteiger partial charge in [-0.3, -0.25) is 14.5 Å². The minimum atomic E-state index is -0.346. The van der Waals surface area contributed by atoms with Gasteiger partial charge in [-0.15, -0.1) is 0 Å². The quantitative estimate of drug-likeness (QED) is 0.857. The summed E-state index contributed by atoms with van der Waals surface area (Å²) in [6.07, 6.45) is 0.900. The van der Waals surface area contributed by atoms with Crippen LogP contribution in [0.25, 0.3) is 0 Å². The highest BCUT2D eigenvalue weighted by molar-refractivity contribution is 6.30. The number of rotatable bonds is 4. The number of methoxy groups -OCH3 is 1. The van der Waals surface area contributed by atoms with Crippen molar-refractivity contribution < 1.29 is 14.3 Å². The molecule has 5 nitrogen and oxygen atoms in total. The fourth-order valence-electron chi connectivity index (χ4n) is 2.22. The zero-order valence-corrected chi connectivity index (χ0v) is 12.2. The molecule has 0 radical (unpaired) electrons. The highest BCUT2D eigenvalue weighted by Crippen LogP contribution is 2.23. The lowest BCUT2D eigenvalue weighted by molar-refractivity contribution is -0.148. The van der Waals surface area contributed by atoms with Crippen LogP contribution in [0.5, 0.6) is 5.75 Å². The summed E-state index contributed by atoms with van der Waals surface area (Å²) in [5.74, 6) is 0.394. The molecule has 1 unspecified atom stereocenters. The highest BCUT2D eigenvalue weighted by Gasteiger charge is 2.31. The number of amides is 2. The van der Waals surface area contributed by atoms with Crippen LogP contribution in [0.3, 0.4) is 0 Å². The second kappa shape index (κ2) is 6.24. The molecule has 1 saturated heterocycles. The molecule has 2 rings (SSSR count). The van der Waals surface area contributed by atoms with Crippen LogP contribution in [0.15, 0.2) is 18.2 Å². The van der Waals surface area contributed by atoms with Crippen LogP contribution in [-0.4, -0.2) is 36.9 Å². The lowest BCUT2D eigenvalue weighted by Crippen LogP contribution is -2.51. The second-order valence-electron chi connectivity index (χ2n) is 4.72. The molecular formula is C14H17ClN2O3. The number of imide groups is 1. The van der Waals surface area contributed by atoms with Gasteiger partial charge in [0.05, 0.1) is 13.2 Å². The number of carbonyl (C=O) groups is 2. The van der Waals surface area contributed by atoms with Gasteiger partial charge in [-0.2, -0.15) is 0 Å². The van der Waals surface area contributed by atoms with Crippen LogP contribution >= 0.6 is 11.6 Å². The number of ether oxygens (including phenoxy) is 1. The van der Waals surface area contributed by atoms with Crippen LogP contribution in [0.2, 0.25) is 5.02 Å². The van der Waals surface area contributed by atoms with Gasteiger partial charge in [0.2, 0.25) is 11.8 Å². The molecule has 6 heteroatoms. The number of likely N-dealkylation sites (N-methyl/N-ethyl adjacent to an activating group) is 1. The molecule has 1 heterocycles. The Balaban J connectivity index is 2.04. The van der Waals surface area contributed by atoms with Crippen molar-refractivity contribution in [2.45, 2.75) is 25.4 Å². The Labute approximate surface area is 122 Å². The molecule has 1 aromatic rings. The van der Waals surface area contributed by atoms with E-state index in [-0.39, 0.29) is 17.9 Å². The van der Waals surface area contributed by atoms with E-state index < -0.39 is 0 Å². The molecule has 20 heavy (non-hydrogen) atoms. The second-order valence-corrected chi connectivity index (χ2v) is 5.16. The van der Waals surface area contributed by atoms with Crippen molar-refractivity contribution in [2.75, 3.05) is 14.2 Å². The van der Waals surface area contributed by atoms with Crippen molar-refractivity contribution in [1.29, 1.82) is 0 Å². The summed E-state index contributed by atoms with van der Waals surface area (Å²) in [5, 5.41) is 3.77. The van der Waals surface area contributed by atoms with Gasteiger partial charge in [-0.1, -0.05) is 11.6 Å². The summed E-state index contributed by atoms with van der Waals surface area (Å²) < 4.78 is 5.26. The van der Waals surface area contributed by atoms with E-state index in [1.165, 1.54) is 11.9 Å². The first-order chi connectivity index (χ1) is 9.52. The Morgan fingerprint density at radius 1 is 1.45 bits per heavy atom. The number of hydrogen-bond acceptors (Lipinski definition) is 4. The molecule has 0 aliphatic carbocycles. The van der Waals surface area contributed by atoms with Crippen LogP contribution in [0.4, 0.5) is 0 Å². The van der Waals surface area contributed by atoms with Crippen LogP contribution < -0.4 is 10.1 Å². The predicted molar refractivity (Wildman–Crippen MR) is 75.6 cm³/mol. The number of carbonyl (C=O) groups excluding carboxylic acids is 2. The Morgan fingerprint density at radius 2 is 2.20 bits per heavy atom. The number of benzene rings is 1. The smallest absolute Gasteiger partial charge is 0.246 e. The Hall–Kier alpha value is -1.59. The topological polar surface area (TPSA) is 58.6 Å². The molecule has 0 aromatic heterocycles. The van der Waals surface area contributed by atoms with Gasteiger partial charge in [0, 0.05) is 30.6 Å². The molecule has 1 aliphatic heterocycles. The van der Waals surface area contributed by atoms with E-state index in [2.05, 4.69) is 5.32 Å². The molecular weight excluding hydrogens is 280 g/mol. The first kappa shape index (κ1) is 14.8. The standard InChI is InChI=1S/C14H17ClN2O3/c1-17-13(18)6-4-11(14(17)19)16-8-9-7-10(15)3-5-12(9)20-2/h3,5,7,11,16H,4,6,8H2,1-2H3. The third-order valence-corrected chi connectivity index (χ3v) is 3.67. The van der Waals surface area contributed by atoms with E-state index in [1.807, 2.05) is 0 Å². The summed E-state index contributed by atoms with van der Waals surface area (Å²) in [6.45, 7) is 0.460. The Bertz CT molecular complexity index is 533.